The van der Waals surface area contributed by atoms with Gasteiger partial charge < -0.3 is 9.73 Å². The monoisotopic (exact) mass is 285 g/mol. The summed E-state index contributed by atoms with van der Waals surface area (Å²) in [6, 6.07) is 3.20. The van der Waals surface area contributed by atoms with Crippen LogP contribution < -0.4 is 5.32 Å². The van der Waals surface area contributed by atoms with Gasteiger partial charge in [-0.15, -0.1) is 0 Å². The van der Waals surface area contributed by atoms with Crippen LogP contribution in [0.25, 0.3) is 0 Å². The minimum absolute atomic E-state index is 0.0676. The first-order chi connectivity index (χ1) is 10.1. The Kier molecular flexibility index (Phi) is 3.51. The lowest BCUT2D eigenvalue weighted by Crippen LogP contribution is -2.14. The molecule has 21 heavy (non-hydrogen) atoms. The van der Waals surface area contributed by atoms with Crippen molar-refractivity contribution < 1.29 is 14.0 Å². The number of aromatic nitrogens is 2. The van der Waals surface area contributed by atoms with Crippen LogP contribution in [-0.2, 0) is 0 Å². The highest BCUT2D eigenvalue weighted by Gasteiger charge is 2.25. The zero-order valence-electron chi connectivity index (χ0n) is 11.6. The molecule has 3 rings (SSSR count). The van der Waals surface area contributed by atoms with Crippen molar-refractivity contribution in [1.82, 2.24) is 9.97 Å². The van der Waals surface area contributed by atoms with E-state index in [1.807, 2.05) is 0 Å². The maximum atomic E-state index is 12.0. The maximum absolute atomic E-state index is 12.0. The molecule has 1 amide bonds. The highest BCUT2D eigenvalue weighted by atomic mass is 16.3. The van der Waals surface area contributed by atoms with E-state index in [0.29, 0.717) is 23.2 Å². The number of nitrogens with zero attached hydrogens (tertiary/aromatic N) is 2. The number of rotatable bonds is 4. The molecule has 1 N–H and O–H groups in total. The van der Waals surface area contributed by atoms with Gasteiger partial charge in [0.2, 0.25) is 0 Å². The number of hydrogen-bond acceptors (Lipinski definition) is 5. The lowest BCUT2D eigenvalue weighted by molar-refractivity contribution is 0.101. The Morgan fingerprint density at radius 2 is 2.14 bits per heavy atom. The second-order valence-electron chi connectivity index (χ2n) is 5.14. The van der Waals surface area contributed by atoms with Crippen LogP contribution in [0.2, 0.25) is 0 Å². The van der Waals surface area contributed by atoms with E-state index in [9.17, 15) is 9.59 Å². The first-order valence-corrected chi connectivity index (χ1v) is 6.87. The summed E-state index contributed by atoms with van der Waals surface area (Å²) in [6.45, 7) is 1.46. The predicted octanol–water partition coefficient (Wildman–Crippen LogP) is 2.79. The minimum Gasteiger partial charge on any atom is -0.448 e. The summed E-state index contributed by atoms with van der Waals surface area (Å²) in [7, 11) is 0. The van der Waals surface area contributed by atoms with Gasteiger partial charge in [0, 0.05) is 17.7 Å². The van der Waals surface area contributed by atoms with Crippen LogP contribution in [0.3, 0.4) is 0 Å². The number of pyridine rings is 1. The van der Waals surface area contributed by atoms with Gasteiger partial charge in [0.25, 0.3) is 5.91 Å². The number of nitrogens with one attached hydrogen (secondary N) is 1. The first-order valence-electron chi connectivity index (χ1n) is 6.87. The van der Waals surface area contributed by atoms with Gasteiger partial charge in [-0.1, -0.05) is 6.42 Å². The van der Waals surface area contributed by atoms with Crippen LogP contribution in [0.15, 0.2) is 29.0 Å². The van der Waals surface area contributed by atoms with Crippen LogP contribution >= 0.6 is 0 Å². The normalized spacial score (nSPS) is 14.5. The van der Waals surface area contributed by atoms with Gasteiger partial charge in [-0.05, 0) is 31.9 Å². The summed E-state index contributed by atoms with van der Waals surface area (Å²) in [4.78, 5) is 31.4. The van der Waals surface area contributed by atoms with Crippen molar-refractivity contribution in [2.45, 2.75) is 32.1 Å². The quantitative estimate of drug-likeness (QED) is 0.873. The number of Topliss-reactive ketones (excluding diaryl/α,β-unsaturated/α-hetero) is 1. The first kappa shape index (κ1) is 13.5. The second-order valence-corrected chi connectivity index (χ2v) is 5.14. The highest BCUT2D eigenvalue weighted by Crippen LogP contribution is 2.35. The number of ketones is 1. The molecule has 0 aromatic carbocycles. The van der Waals surface area contributed by atoms with E-state index in [1.165, 1.54) is 25.8 Å². The van der Waals surface area contributed by atoms with E-state index in [2.05, 4.69) is 15.3 Å². The van der Waals surface area contributed by atoms with Crippen molar-refractivity contribution in [1.29, 1.82) is 0 Å². The van der Waals surface area contributed by atoms with Gasteiger partial charge in [0.15, 0.2) is 17.4 Å². The molecule has 6 nitrogen and oxygen atoms in total. The second kappa shape index (κ2) is 5.47. The van der Waals surface area contributed by atoms with Crippen LogP contribution in [0.4, 0.5) is 5.82 Å². The molecule has 0 unspecified atom stereocenters. The lowest BCUT2D eigenvalue weighted by atomic mass is 9.85. The fourth-order valence-corrected chi connectivity index (χ4v) is 2.09. The molecule has 0 radical (unpaired) electrons. The molecule has 0 spiro atoms. The molecular formula is C15H15N3O3. The molecule has 108 valence electrons. The average Bonchev–Trinajstić information content (AvgIpc) is 2.86. The summed E-state index contributed by atoms with van der Waals surface area (Å²) < 4.78 is 5.34. The topological polar surface area (TPSA) is 85.1 Å². The molecule has 0 bridgehead atoms. The highest BCUT2D eigenvalue weighted by molar-refractivity contribution is 6.02. The molecule has 1 aliphatic carbocycles. The number of oxazole rings is 1. The molecule has 0 atom stereocenters. The van der Waals surface area contributed by atoms with Crippen molar-refractivity contribution in [2.75, 3.05) is 5.32 Å². The summed E-state index contributed by atoms with van der Waals surface area (Å²) in [6.07, 6.45) is 6.11. The minimum atomic E-state index is -0.368. The van der Waals surface area contributed by atoms with E-state index in [0.717, 1.165) is 12.8 Å². The summed E-state index contributed by atoms with van der Waals surface area (Å²) in [5.74, 6) is 0.915. The van der Waals surface area contributed by atoms with Gasteiger partial charge >= 0.3 is 0 Å². The third kappa shape index (κ3) is 2.84. The fourth-order valence-electron chi connectivity index (χ4n) is 2.09. The molecule has 1 fully saturated rings. The van der Waals surface area contributed by atoms with Crippen molar-refractivity contribution in [2.24, 2.45) is 0 Å². The Morgan fingerprint density at radius 1 is 1.33 bits per heavy atom. The Labute approximate surface area is 121 Å². The van der Waals surface area contributed by atoms with Crippen LogP contribution in [0, 0.1) is 0 Å². The van der Waals surface area contributed by atoms with Gasteiger partial charge in [0.05, 0.1) is 0 Å². The Bertz CT molecular complexity index is 672. The van der Waals surface area contributed by atoms with Crippen molar-refractivity contribution in [3.63, 3.8) is 0 Å². The molecule has 2 heterocycles. The van der Waals surface area contributed by atoms with Crippen molar-refractivity contribution in [3.05, 3.63) is 41.7 Å². The zero-order chi connectivity index (χ0) is 14.8. The molecule has 2 aromatic rings. The van der Waals surface area contributed by atoms with E-state index < -0.39 is 0 Å². The molecule has 1 aliphatic rings. The molecule has 0 saturated heterocycles. The lowest BCUT2D eigenvalue weighted by Gasteiger charge is -2.21. The number of carbonyl (C=O) groups excluding carboxylic acids is 2. The van der Waals surface area contributed by atoms with Gasteiger partial charge in [-0.2, -0.15) is 0 Å². The predicted molar refractivity (Wildman–Crippen MR) is 75.3 cm³/mol. The molecule has 2 aromatic heterocycles. The largest absolute Gasteiger partial charge is 0.448 e. The SMILES string of the molecule is CC(=O)c1ccc(NC(=O)c2coc(C3CCC3)n2)nc1. The molecule has 6 heteroatoms. The number of hydrogen-bond donors (Lipinski definition) is 1. The Balaban J connectivity index is 1.67. The number of anilines is 1. The Morgan fingerprint density at radius 3 is 2.71 bits per heavy atom. The summed E-state index contributed by atoms with van der Waals surface area (Å²) in [5, 5.41) is 2.63. The summed E-state index contributed by atoms with van der Waals surface area (Å²) >= 11 is 0. The number of amides is 1. The van der Waals surface area contributed by atoms with E-state index in [-0.39, 0.29) is 17.4 Å². The van der Waals surface area contributed by atoms with Crippen molar-refractivity contribution >= 4 is 17.5 Å². The van der Waals surface area contributed by atoms with Crippen LogP contribution in [0.5, 0.6) is 0 Å². The third-order valence-electron chi connectivity index (χ3n) is 3.62. The van der Waals surface area contributed by atoms with E-state index >= 15 is 0 Å². The third-order valence-corrected chi connectivity index (χ3v) is 3.62. The fraction of sp³-hybridized carbons (Fsp3) is 0.333. The zero-order valence-corrected chi connectivity index (χ0v) is 11.6. The molecular weight excluding hydrogens is 270 g/mol. The molecule has 0 aliphatic heterocycles. The van der Waals surface area contributed by atoms with Crippen LogP contribution in [0.1, 0.15) is 58.8 Å². The van der Waals surface area contributed by atoms with E-state index in [4.69, 9.17) is 4.42 Å². The van der Waals surface area contributed by atoms with Gasteiger partial charge in [-0.3, -0.25) is 9.59 Å². The van der Waals surface area contributed by atoms with Gasteiger partial charge in [0.1, 0.15) is 12.1 Å². The average molecular weight is 285 g/mol. The van der Waals surface area contributed by atoms with E-state index in [1.54, 1.807) is 12.1 Å². The summed E-state index contributed by atoms with van der Waals surface area (Å²) in [5.41, 5.74) is 0.746. The Hall–Kier alpha value is -2.50. The number of carbonyl (C=O) groups is 2. The smallest absolute Gasteiger partial charge is 0.278 e. The van der Waals surface area contributed by atoms with Crippen molar-refractivity contribution in [3.8, 4) is 0 Å². The van der Waals surface area contributed by atoms with Crippen LogP contribution in [-0.4, -0.2) is 21.7 Å². The standard InChI is InChI=1S/C15H15N3O3/c1-9(19)11-5-6-13(16-7-11)18-14(20)12-8-21-15(17-12)10-3-2-4-10/h5-8,10H,2-4H2,1H3,(H,16,18,20). The maximum Gasteiger partial charge on any atom is 0.278 e. The van der Waals surface area contributed by atoms with Gasteiger partial charge in [-0.25, -0.2) is 9.97 Å². The molecule has 1 saturated carbocycles.